The molecule has 0 atom stereocenters. The molecule has 6 nitrogen and oxygen atoms in total. The Labute approximate surface area is 157 Å². The summed E-state index contributed by atoms with van der Waals surface area (Å²) >= 11 is 1.36. The standard InChI is InChI=1S/C19H22N4O2S/c1-11-8-12(2)17(13(3)9-11)20-16(24)10-26-19-22-21-18(23(19)5)15-6-7-25-14(15)4/h6-9H,10H2,1-5H3,(H,20,24). The first-order valence-corrected chi connectivity index (χ1v) is 9.29. The van der Waals surface area contributed by atoms with Gasteiger partial charge in [-0.1, -0.05) is 29.5 Å². The van der Waals surface area contributed by atoms with Gasteiger partial charge in [0.1, 0.15) is 5.76 Å². The molecule has 1 aromatic carbocycles. The maximum absolute atomic E-state index is 12.4. The van der Waals surface area contributed by atoms with Crippen molar-refractivity contribution in [3.8, 4) is 11.4 Å². The highest BCUT2D eigenvalue weighted by Crippen LogP contribution is 2.26. The molecule has 0 aliphatic heterocycles. The third kappa shape index (κ3) is 3.67. The van der Waals surface area contributed by atoms with Crippen molar-refractivity contribution in [2.24, 2.45) is 7.05 Å². The van der Waals surface area contributed by atoms with E-state index in [0.717, 1.165) is 34.0 Å². The van der Waals surface area contributed by atoms with Crippen molar-refractivity contribution in [1.82, 2.24) is 14.8 Å². The maximum atomic E-state index is 12.4. The molecule has 0 aliphatic rings. The summed E-state index contributed by atoms with van der Waals surface area (Å²) in [6.45, 7) is 7.95. The lowest BCUT2D eigenvalue weighted by molar-refractivity contribution is -0.113. The second kappa shape index (κ2) is 7.37. The van der Waals surface area contributed by atoms with Crippen LogP contribution in [0.25, 0.3) is 11.4 Å². The van der Waals surface area contributed by atoms with E-state index in [0.29, 0.717) is 5.16 Å². The van der Waals surface area contributed by atoms with Gasteiger partial charge in [0.25, 0.3) is 0 Å². The SMILES string of the molecule is Cc1cc(C)c(NC(=O)CSc2nnc(-c3ccoc3C)n2C)c(C)c1. The first-order chi connectivity index (χ1) is 12.4. The summed E-state index contributed by atoms with van der Waals surface area (Å²) in [5, 5.41) is 12.1. The van der Waals surface area contributed by atoms with E-state index in [1.807, 2.05) is 38.5 Å². The number of nitrogens with zero attached hydrogens (tertiary/aromatic N) is 3. The first kappa shape index (κ1) is 18.3. The fourth-order valence-electron chi connectivity index (χ4n) is 2.97. The summed E-state index contributed by atoms with van der Waals surface area (Å²) in [5.74, 6) is 1.72. The van der Waals surface area contributed by atoms with Crippen LogP contribution in [0.3, 0.4) is 0 Å². The molecule has 0 saturated carbocycles. The Bertz CT molecular complexity index is 935. The zero-order valence-electron chi connectivity index (χ0n) is 15.6. The zero-order valence-corrected chi connectivity index (χ0v) is 16.4. The Morgan fingerprint density at radius 2 is 1.88 bits per heavy atom. The summed E-state index contributed by atoms with van der Waals surface area (Å²) < 4.78 is 7.20. The van der Waals surface area contributed by atoms with Crippen molar-refractivity contribution in [3.05, 3.63) is 46.9 Å². The minimum absolute atomic E-state index is 0.0610. The zero-order chi connectivity index (χ0) is 18.8. The minimum atomic E-state index is -0.0610. The van der Waals surface area contributed by atoms with Crippen LogP contribution in [0, 0.1) is 27.7 Å². The van der Waals surface area contributed by atoms with Gasteiger partial charge in [-0.15, -0.1) is 10.2 Å². The smallest absolute Gasteiger partial charge is 0.234 e. The number of furan rings is 1. The molecule has 1 amide bonds. The molecule has 0 radical (unpaired) electrons. The van der Waals surface area contributed by atoms with Gasteiger partial charge in [0.15, 0.2) is 11.0 Å². The Hall–Kier alpha value is -2.54. The van der Waals surface area contributed by atoms with Crippen LogP contribution in [0.4, 0.5) is 5.69 Å². The van der Waals surface area contributed by atoms with Crippen LogP contribution >= 0.6 is 11.8 Å². The van der Waals surface area contributed by atoms with Crippen LogP contribution in [-0.4, -0.2) is 26.4 Å². The minimum Gasteiger partial charge on any atom is -0.469 e. The molecule has 26 heavy (non-hydrogen) atoms. The third-order valence-corrected chi connectivity index (χ3v) is 5.23. The van der Waals surface area contributed by atoms with Crippen LogP contribution in [0.2, 0.25) is 0 Å². The van der Waals surface area contributed by atoms with Gasteiger partial charge in [-0.3, -0.25) is 4.79 Å². The Morgan fingerprint density at radius 1 is 1.19 bits per heavy atom. The van der Waals surface area contributed by atoms with E-state index in [4.69, 9.17) is 4.42 Å². The van der Waals surface area contributed by atoms with Crippen molar-refractivity contribution < 1.29 is 9.21 Å². The molecule has 0 unspecified atom stereocenters. The van der Waals surface area contributed by atoms with Gasteiger partial charge in [-0.25, -0.2) is 0 Å². The molecule has 3 rings (SSSR count). The summed E-state index contributed by atoms with van der Waals surface area (Å²) in [6.07, 6.45) is 1.63. The molecule has 7 heteroatoms. The van der Waals surface area contributed by atoms with E-state index < -0.39 is 0 Å². The largest absolute Gasteiger partial charge is 0.469 e. The van der Waals surface area contributed by atoms with E-state index in [2.05, 4.69) is 34.6 Å². The number of hydrogen-bond donors (Lipinski definition) is 1. The predicted octanol–water partition coefficient (Wildman–Crippen LogP) is 4.04. The van der Waals surface area contributed by atoms with E-state index in [1.165, 1.54) is 17.3 Å². The molecule has 136 valence electrons. The molecular formula is C19H22N4O2S. The van der Waals surface area contributed by atoms with Crippen LogP contribution in [0.15, 0.2) is 34.0 Å². The molecule has 2 aromatic heterocycles. The predicted molar refractivity (Wildman–Crippen MR) is 103 cm³/mol. The van der Waals surface area contributed by atoms with Crippen molar-refractivity contribution in [2.45, 2.75) is 32.9 Å². The summed E-state index contributed by atoms with van der Waals surface area (Å²) in [5.41, 5.74) is 5.11. The van der Waals surface area contributed by atoms with Gasteiger partial charge in [0.2, 0.25) is 5.91 Å². The third-order valence-electron chi connectivity index (χ3n) is 4.21. The summed E-state index contributed by atoms with van der Waals surface area (Å²) in [6, 6.07) is 6.00. The molecule has 0 spiro atoms. The second-order valence-corrected chi connectivity index (χ2v) is 7.31. The number of carbonyl (C=O) groups is 1. The lowest BCUT2D eigenvalue weighted by Gasteiger charge is -2.12. The first-order valence-electron chi connectivity index (χ1n) is 8.31. The number of aromatic nitrogens is 3. The monoisotopic (exact) mass is 370 g/mol. The molecule has 0 bridgehead atoms. The van der Waals surface area contributed by atoms with E-state index in [-0.39, 0.29) is 11.7 Å². The molecule has 0 saturated heterocycles. The quantitative estimate of drug-likeness (QED) is 0.686. The van der Waals surface area contributed by atoms with Crippen LogP contribution in [0.1, 0.15) is 22.5 Å². The highest BCUT2D eigenvalue weighted by molar-refractivity contribution is 7.99. The molecule has 0 fully saturated rings. The van der Waals surface area contributed by atoms with Crippen LogP contribution in [-0.2, 0) is 11.8 Å². The number of amides is 1. The number of benzene rings is 1. The van der Waals surface area contributed by atoms with Crippen LogP contribution < -0.4 is 5.32 Å². The number of thioether (sulfide) groups is 1. The number of carbonyl (C=O) groups excluding carboxylic acids is 1. The maximum Gasteiger partial charge on any atom is 0.234 e. The molecule has 3 aromatic rings. The van der Waals surface area contributed by atoms with Gasteiger partial charge < -0.3 is 14.3 Å². The number of nitrogens with one attached hydrogen (secondary N) is 1. The lowest BCUT2D eigenvalue weighted by Crippen LogP contribution is -2.16. The fourth-order valence-corrected chi connectivity index (χ4v) is 3.69. The highest BCUT2D eigenvalue weighted by Gasteiger charge is 2.16. The van der Waals surface area contributed by atoms with Gasteiger partial charge >= 0.3 is 0 Å². The number of aryl methyl sites for hydroxylation is 4. The Balaban J connectivity index is 1.68. The highest BCUT2D eigenvalue weighted by atomic mass is 32.2. The van der Waals surface area contributed by atoms with E-state index in [1.54, 1.807) is 6.26 Å². The van der Waals surface area contributed by atoms with Crippen molar-refractivity contribution in [3.63, 3.8) is 0 Å². The number of rotatable bonds is 5. The molecule has 0 aliphatic carbocycles. The van der Waals surface area contributed by atoms with Gasteiger partial charge in [0, 0.05) is 12.7 Å². The number of hydrogen-bond acceptors (Lipinski definition) is 5. The van der Waals surface area contributed by atoms with E-state index >= 15 is 0 Å². The Kier molecular flexibility index (Phi) is 5.18. The molecule has 2 heterocycles. The Morgan fingerprint density at radius 3 is 2.50 bits per heavy atom. The second-order valence-electron chi connectivity index (χ2n) is 6.37. The van der Waals surface area contributed by atoms with Gasteiger partial charge in [-0.05, 0) is 44.9 Å². The molecular weight excluding hydrogens is 348 g/mol. The van der Waals surface area contributed by atoms with Gasteiger partial charge in [0.05, 0.1) is 17.6 Å². The summed E-state index contributed by atoms with van der Waals surface area (Å²) in [7, 11) is 1.89. The fraction of sp³-hybridized carbons (Fsp3) is 0.316. The normalized spacial score (nSPS) is 11.0. The van der Waals surface area contributed by atoms with Crippen molar-refractivity contribution in [2.75, 3.05) is 11.1 Å². The van der Waals surface area contributed by atoms with Crippen molar-refractivity contribution >= 4 is 23.4 Å². The van der Waals surface area contributed by atoms with E-state index in [9.17, 15) is 4.79 Å². The molecule has 1 N–H and O–H groups in total. The van der Waals surface area contributed by atoms with Gasteiger partial charge in [-0.2, -0.15) is 0 Å². The summed E-state index contributed by atoms with van der Waals surface area (Å²) in [4.78, 5) is 12.4. The average molecular weight is 370 g/mol. The number of anilines is 1. The lowest BCUT2D eigenvalue weighted by atomic mass is 10.1. The topological polar surface area (TPSA) is 73.0 Å². The van der Waals surface area contributed by atoms with Crippen molar-refractivity contribution in [1.29, 1.82) is 0 Å². The van der Waals surface area contributed by atoms with Crippen LogP contribution in [0.5, 0.6) is 0 Å². The average Bonchev–Trinajstić information content (AvgIpc) is 3.14.